The van der Waals surface area contributed by atoms with Gasteiger partial charge in [0.25, 0.3) is 0 Å². The van der Waals surface area contributed by atoms with Gasteiger partial charge in [0.05, 0.1) is 5.92 Å². The largest absolute Gasteiger partial charge is 0.397 e. The summed E-state index contributed by atoms with van der Waals surface area (Å²) in [6.07, 6.45) is -4.87. The molecule has 0 aliphatic carbocycles. The van der Waals surface area contributed by atoms with Gasteiger partial charge in [-0.25, -0.2) is 0 Å². The molecule has 0 aromatic heterocycles. The number of halogens is 3. The van der Waals surface area contributed by atoms with Gasteiger partial charge in [0, 0.05) is 26.2 Å². The number of rotatable bonds is 4. The van der Waals surface area contributed by atoms with E-state index in [2.05, 4.69) is 5.32 Å². The molecule has 0 aromatic carbocycles. The van der Waals surface area contributed by atoms with Gasteiger partial charge in [-0.05, 0) is 12.8 Å². The van der Waals surface area contributed by atoms with Crippen molar-refractivity contribution in [3.8, 4) is 0 Å². The lowest BCUT2D eigenvalue weighted by atomic mass is 9.97. The molecule has 1 aliphatic rings. The number of nitrogens with zero attached hydrogens (tertiary/aromatic N) is 1. The van der Waals surface area contributed by atoms with Crippen molar-refractivity contribution < 1.29 is 22.8 Å². The Hall–Kier alpha value is -1.31. The molecule has 1 unspecified atom stereocenters. The number of hydrogen-bond acceptors (Lipinski definition) is 3. The molecular weight excluding hydrogens is 263 g/mol. The smallest absolute Gasteiger partial charge is 0.355 e. The van der Waals surface area contributed by atoms with Crippen LogP contribution < -0.4 is 11.1 Å². The fraction of sp³-hybridized carbons (Fsp3) is 0.818. The van der Waals surface area contributed by atoms with E-state index in [4.69, 9.17) is 5.73 Å². The normalized spacial score (nSPS) is 20.2. The second-order valence-corrected chi connectivity index (χ2v) is 4.55. The van der Waals surface area contributed by atoms with Gasteiger partial charge in [-0.2, -0.15) is 13.2 Å². The molecule has 19 heavy (non-hydrogen) atoms. The number of likely N-dealkylation sites (tertiary alicyclic amines) is 1. The molecule has 1 aliphatic heterocycles. The Morgan fingerprint density at radius 3 is 2.63 bits per heavy atom. The van der Waals surface area contributed by atoms with E-state index in [-0.39, 0.29) is 19.0 Å². The third-order valence-electron chi connectivity index (χ3n) is 2.94. The van der Waals surface area contributed by atoms with Crippen LogP contribution in [0.1, 0.15) is 19.3 Å². The summed E-state index contributed by atoms with van der Waals surface area (Å²) in [6, 6.07) is 0. The van der Waals surface area contributed by atoms with Crippen molar-refractivity contribution in [2.24, 2.45) is 11.7 Å². The molecular formula is C11H18F3N3O2. The fourth-order valence-corrected chi connectivity index (χ4v) is 2.04. The van der Waals surface area contributed by atoms with Crippen LogP contribution in [-0.2, 0) is 9.59 Å². The summed E-state index contributed by atoms with van der Waals surface area (Å²) in [5, 5.41) is 2.59. The summed E-state index contributed by atoms with van der Waals surface area (Å²) in [6.45, 7) is 0.946. The van der Waals surface area contributed by atoms with Crippen molar-refractivity contribution in [1.82, 2.24) is 10.2 Å². The molecule has 8 heteroatoms. The minimum atomic E-state index is -4.51. The Morgan fingerprint density at radius 2 is 2.05 bits per heavy atom. The summed E-state index contributed by atoms with van der Waals surface area (Å²) in [5.41, 5.74) is 5.25. The first-order chi connectivity index (χ1) is 8.83. The van der Waals surface area contributed by atoms with Gasteiger partial charge in [0.1, 0.15) is 6.42 Å². The Labute approximate surface area is 109 Å². The zero-order valence-corrected chi connectivity index (χ0v) is 10.5. The van der Waals surface area contributed by atoms with E-state index in [1.54, 1.807) is 0 Å². The van der Waals surface area contributed by atoms with Crippen molar-refractivity contribution in [1.29, 1.82) is 0 Å². The highest BCUT2D eigenvalue weighted by Gasteiger charge is 2.36. The summed E-state index contributed by atoms with van der Waals surface area (Å²) in [4.78, 5) is 24.2. The Kier molecular flexibility index (Phi) is 5.59. The van der Waals surface area contributed by atoms with Crippen LogP contribution >= 0.6 is 0 Å². The van der Waals surface area contributed by atoms with Crippen LogP contribution in [0.3, 0.4) is 0 Å². The van der Waals surface area contributed by atoms with E-state index in [1.165, 1.54) is 0 Å². The average Bonchev–Trinajstić information content (AvgIpc) is 2.34. The van der Waals surface area contributed by atoms with Crippen LogP contribution in [0.2, 0.25) is 0 Å². The number of alkyl halides is 3. The SMILES string of the molecule is NCCNC(=O)C1CCCN(C(=O)CC(F)(F)F)C1. The van der Waals surface area contributed by atoms with Crippen molar-refractivity contribution in [2.75, 3.05) is 26.2 Å². The van der Waals surface area contributed by atoms with Gasteiger partial charge < -0.3 is 16.0 Å². The third kappa shape index (κ3) is 5.46. The van der Waals surface area contributed by atoms with Crippen LogP contribution in [-0.4, -0.2) is 49.1 Å². The standard InChI is InChI=1S/C11H18F3N3O2/c12-11(13,14)6-9(18)17-5-1-2-8(7-17)10(19)16-4-3-15/h8H,1-7,15H2,(H,16,19). The predicted molar refractivity (Wildman–Crippen MR) is 62.0 cm³/mol. The zero-order valence-electron chi connectivity index (χ0n) is 10.5. The molecule has 110 valence electrons. The monoisotopic (exact) mass is 281 g/mol. The van der Waals surface area contributed by atoms with Gasteiger partial charge in [-0.1, -0.05) is 0 Å². The minimum Gasteiger partial charge on any atom is -0.355 e. The number of nitrogens with one attached hydrogen (secondary N) is 1. The highest BCUT2D eigenvalue weighted by Crippen LogP contribution is 2.23. The predicted octanol–water partition coefficient (Wildman–Crippen LogP) is 0.252. The number of nitrogens with two attached hydrogens (primary N) is 1. The first kappa shape index (κ1) is 15.7. The van der Waals surface area contributed by atoms with Crippen LogP contribution in [0, 0.1) is 5.92 Å². The average molecular weight is 281 g/mol. The summed E-state index contributed by atoms with van der Waals surface area (Å²) >= 11 is 0. The molecule has 0 spiro atoms. The third-order valence-corrected chi connectivity index (χ3v) is 2.94. The lowest BCUT2D eigenvalue weighted by molar-refractivity contribution is -0.162. The van der Waals surface area contributed by atoms with E-state index < -0.39 is 24.4 Å². The van der Waals surface area contributed by atoms with E-state index >= 15 is 0 Å². The summed E-state index contributed by atoms with van der Waals surface area (Å²) in [5.74, 6) is -1.67. The number of carbonyl (C=O) groups excluding carboxylic acids is 2. The van der Waals surface area contributed by atoms with Crippen LogP contribution in [0.5, 0.6) is 0 Å². The summed E-state index contributed by atoms with van der Waals surface area (Å²) in [7, 11) is 0. The Bertz CT molecular complexity index is 334. The molecule has 1 fully saturated rings. The van der Waals surface area contributed by atoms with Crippen molar-refractivity contribution in [2.45, 2.75) is 25.4 Å². The van der Waals surface area contributed by atoms with Crippen LogP contribution in [0.25, 0.3) is 0 Å². The van der Waals surface area contributed by atoms with E-state index in [1.807, 2.05) is 0 Å². The van der Waals surface area contributed by atoms with Crippen LogP contribution in [0.15, 0.2) is 0 Å². The second-order valence-electron chi connectivity index (χ2n) is 4.55. The van der Waals surface area contributed by atoms with Gasteiger partial charge in [0.2, 0.25) is 11.8 Å². The molecule has 2 amide bonds. The maximum Gasteiger partial charge on any atom is 0.397 e. The van der Waals surface area contributed by atoms with Gasteiger partial charge >= 0.3 is 6.18 Å². The maximum atomic E-state index is 12.1. The second kappa shape index (κ2) is 6.74. The van der Waals surface area contributed by atoms with Crippen molar-refractivity contribution in [3.05, 3.63) is 0 Å². The van der Waals surface area contributed by atoms with Crippen molar-refractivity contribution >= 4 is 11.8 Å². The Balaban J connectivity index is 2.50. The van der Waals surface area contributed by atoms with Crippen molar-refractivity contribution in [3.63, 3.8) is 0 Å². The lowest BCUT2D eigenvalue weighted by Gasteiger charge is -2.32. The van der Waals surface area contributed by atoms with Gasteiger partial charge in [-0.3, -0.25) is 9.59 Å². The lowest BCUT2D eigenvalue weighted by Crippen LogP contribution is -2.46. The fourth-order valence-electron chi connectivity index (χ4n) is 2.04. The highest BCUT2D eigenvalue weighted by molar-refractivity contribution is 5.81. The molecule has 0 radical (unpaired) electrons. The minimum absolute atomic E-state index is 0.0469. The maximum absolute atomic E-state index is 12.1. The molecule has 5 nitrogen and oxygen atoms in total. The first-order valence-electron chi connectivity index (χ1n) is 6.16. The molecule has 1 heterocycles. The molecule has 1 rings (SSSR count). The number of carbonyl (C=O) groups is 2. The Morgan fingerprint density at radius 1 is 1.37 bits per heavy atom. The molecule has 1 atom stereocenters. The van der Waals surface area contributed by atoms with E-state index in [0.717, 1.165) is 4.90 Å². The van der Waals surface area contributed by atoms with Gasteiger partial charge in [0.15, 0.2) is 0 Å². The van der Waals surface area contributed by atoms with E-state index in [9.17, 15) is 22.8 Å². The molecule has 0 bridgehead atoms. The molecule has 1 saturated heterocycles. The first-order valence-corrected chi connectivity index (χ1v) is 6.16. The highest BCUT2D eigenvalue weighted by atomic mass is 19.4. The number of hydrogen-bond donors (Lipinski definition) is 2. The number of amides is 2. The van der Waals surface area contributed by atoms with Gasteiger partial charge in [-0.15, -0.1) is 0 Å². The topological polar surface area (TPSA) is 75.4 Å². The molecule has 0 saturated carbocycles. The summed E-state index contributed by atoms with van der Waals surface area (Å²) < 4.78 is 36.4. The molecule has 0 aromatic rings. The number of piperidine rings is 1. The zero-order chi connectivity index (χ0) is 14.5. The molecule has 3 N–H and O–H groups in total. The quantitative estimate of drug-likeness (QED) is 0.775. The van der Waals surface area contributed by atoms with E-state index in [0.29, 0.717) is 25.9 Å². The van der Waals surface area contributed by atoms with Crippen LogP contribution in [0.4, 0.5) is 13.2 Å².